The smallest absolute Gasteiger partial charge is 0.254 e. The van der Waals surface area contributed by atoms with Crippen molar-refractivity contribution in [3.8, 4) is 0 Å². The number of hydrogen-bond acceptors (Lipinski definition) is 3. The molecule has 0 bridgehead atoms. The fourth-order valence-electron chi connectivity index (χ4n) is 2.33. The average molecular weight is 306 g/mol. The average Bonchev–Trinajstić information content (AvgIpc) is 2.60. The Hall–Kier alpha value is -1.33. The highest BCUT2D eigenvalue weighted by Crippen LogP contribution is 2.41. The highest BCUT2D eigenvalue weighted by atomic mass is 32.2. The molecular formula is C15H18N2OS2. The first-order valence-electron chi connectivity index (χ1n) is 6.41. The first-order chi connectivity index (χ1) is 9.45. The third-order valence-electron chi connectivity index (χ3n) is 3.14. The second-order valence-corrected chi connectivity index (χ2v) is 7.47. The SMILES string of the molecule is C=CCN1C(=S)SC(C)(C)[C@@H]1/[N+]([O-])=C/c1ccccc1. The van der Waals surface area contributed by atoms with Gasteiger partial charge in [0.2, 0.25) is 0 Å². The number of hydroxylamine groups is 1. The van der Waals surface area contributed by atoms with Crippen molar-refractivity contribution in [3.05, 3.63) is 53.8 Å². The van der Waals surface area contributed by atoms with E-state index in [9.17, 15) is 5.21 Å². The molecule has 0 aromatic heterocycles. The van der Waals surface area contributed by atoms with Crippen molar-refractivity contribution in [2.24, 2.45) is 0 Å². The van der Waals surface area contributed by atoms with Crippen molar-refractivity contribution in [2.75, 3.05) is 6.54 Å². The zero-order valence-electron chi connectivity index (χ0n) is 11.7. The van der Waals surface area contributed by atoms with Crippen LogP contribution in [0.1, 0.15) is 19.4 Å². The molecule has 0 unspecified atom stereocenters. The zero-order valence-corrected chi connectivity index (χ0v) is 13.3. The van der Waals surface area contributed by atoms with Crippen molar-refractivity contribution in [1.82, 2.24) is 4.90 Å². The minimum atomic E-state index is -0.321. The van der Waals surface area contributed by atoms with Gasteiger partial charge in [-0.3, -0.25) is 4.90 Å². The molecule has 0 aliphatic carbocycles. The topological polar surface area (TPSA) is 29.3 Å². The lowest BCUT2D eigenvalue weighted by atomic mass is 10.1. The third-order valence-corrected chi connectivity index (χ3v) is 4.78. The summed E-state index contributed by atoms with van der Waals surface area (Å²) in [7, 11) is 0. The first-order valence-corrected chi connectivity index (χ1v) is 7.64. The largest absolute Gasteiger partial charge is 0.622 e. The number of thiocarbonyl (C=S) groups is 1. The van der Waals surface area contributed by atoms with E-state index in [1.807, 2.05) is 49.1 Å². The van der Waals surface area contributed by atoms with E-state index >= 15 is 0 Å². The maximum Gasteiger partial charge on any atom is 0.254 e. The Labute approximate surface area is 129 Å². The van der Waals surface area contributed by atoms with Gasteiger partial charge in [-0.15, -0.1) is 6.58 Å². The van der Waals surface area contributed by atoms with E-state index in [2.05, 4.69) is 6.58 Å². The molecule has 1 heterocycles. The first kappa shape index (κ1) is 15.1. The maximum atomic E-state index is 12.6. The van der Waals surface area contributed by atoms with Gasteiger partial charge < -0.3 is 5.21 Å². The van der Waals surface area contributed by atoms with Crippen LogP contribution in [0.15, 0.2) is 43.0 Å². The van der Waals surface area contributed by atoms with Crippen LogP contribution >= 0.6 is 24.0 Å². The van der Waals surface area contributed by atoms with Gasteiger partial charge in [0.05, 0.1) is 0 Å². The Morgan fingerprint density at radius 1 is 1.45 bits per heavy atom. The van der Waals surface area contributed by atoms with Crippen LogP contribution in [-0.4, -0.2) is 37.6 Å². The van der Waals surface area contributed by atoms with Crippen LogP contribution in [-0.2, 0) is 0 Å². The summed E-state index contributed by atoms with van der Waals surface area (Å²) in [6.45, 7) is 8.41. The number of nitrogens with zero attached hydrogens (tertiary/aromatic N) is 2. The standard InChI is InChI=1S/C15H18N2OS2/c1-4-10-16-13(15(2,3)20-14(16)19)17(18)11-12-8-6-5-7-9-12/h4-9,11,13H,1,10H2,2-3H3/b17-11-/t13-/m0/s1. The van der Waals surface area contributed by atoms with Gasteiger partial charge in [-0.05, 0) is 26.0 Å². The summed E-state index contributed by atoms with van der Waals surface area (Å²) in [5, 5.41) is 12.6. The molecule has 2 rings (SSSR count). The molecule has 1 aromatic carbocycles. The minimum absolute atomic E-state index is 0.257. The van der Waals surface area contributed by atoms with Gasteiger partial charge in [-0.2, -0.15) is 4.74 Å². The molecular weight excluding hydrogens is 288 g/mol. The van der Waals surface area contributed by atoms with Crippen LogP contribution in [0.3, 0.4) is 0 Å². The van der Waals surface area contributed by atoms with Crippen molar-refractivity contribution >= 4 is 34.5 Å². The van der Waals surface area contributed by atoms with Gasteiger partial charge in [0.1, 0.15) is 9.07 Å². The van der Waals surface area contributed by atoms with Crippen LogP contribution in [0.2, 0.25) is 0 Å². The van der Waals surface area contributed by atoms with E-state index in [4.69, 9.17) is 12.2 Å². The lowest BCUT2D eigenvalue weighted by molar-refractivity contribution is -0.523. The van der Waals surface area contributed by atoms with Crippen molar-refractivity contribution < 1.29 is 4.74 Å². The van der Waals surface area contributed by atoms with Gasteiger partial charge in [0.25, 0.3) is 6.17 Å². The van der Waals surface area contributed by atoms with Crippen molar-refractivity contribution in [2.45, 2.75) is 24.8 Å². The van der Waals surface area contributed by atoms with Crippen LogP contribution in [0.25, 0.3) is 0 Å². The fraction of sp³-hybridized carbons (Fsp3) is 0.333. The molecule has 0 spiro atoms. The Balaban J connectivity index is 2.34. The van der Waals surface area contributed by atoms with Gasteiger partial charge in [0, 0.05) is 12.1 Å². The summed E-state index contributed by atoms with van der Waals surface area (Å²) in [6, 6.07) is 9.59. The van der Waals surface area contributed by atoms with Gasteiger partial charge >= 0.3 is 0 Å². The predicted molar refractivity (Wildman–Crippen MR) is 90.2 cm³/mol. The molecule has 1 aromatic rings. The molecule has 0 radical (unpaired) electrons. The molecule has 1 aliphatic heterocycles. The molecule has 1 aliphatic rings. The molecule has 0 amide bonds. The molecule has 5 heteroatoms. The lowest BCUT2D eigenvalue weighted by Gasteiger charge is -2.29. The minimum Gasteiger partial charge on any atom is -0.622 e. The van der Waals surface area contributed by atoms with E-state index in [-0.39, 0.29) is 10.9 Å². The van der Waals surface area contributed by atoms with Crippen LogP contribution in [0.4, 0.5) is 0 Å². The summed E-state index contributed by atoms with van der Waals surface area (Å²) in [6.07, 6.45) is 3.08. The quantitative estimate of drug-likeness (QED) is 0.213. The number of thioether (sulfide) groups is 1. The molecule has 0 saturated carbocycles. The highest BCUT2D eigenvalue weighted by Gasteiger charge is 2.49. The van der Waals surface area contributed by atoms with Crippen LogP contribution in [0.5, 0.6) is 0 Å². The Morgan fingerprint density at radius 3 is 2.70 bits per heavy atom. The van der Waals surface area contributed by atoms with Crippen LogP contribution < -0.4 is 0 Å². The highest BCUT2D eigenvalue weighted by molar-refractivity contribution is 8.24. The molecule has 1 atom stereocenters. The Morgan fingerprint density at radius 2 is 2.10 bits per heavy atom. The molecule has 1 saturated heterocycles. The second-order valence-electron chi connectivity index (χ2n) is 5.19. The van der Waals surface area contributed by atoms with Crippen molar-refractivity contribution in [1.29, 1.82) is 0 Å². The van der Waals surface area contributed by atoms with E-state index in [0.717, 1.165) is 14.6 Å². The lowest BCUT2D eigenvalue weighted by Crippen LogP contribution is -2.47. The van der Waals surface area contributed by atoms with Gasteiger partial charge in [0.15, 0.2) is 6.21 Å². The summed E-state index contributed by atoms with van der Waals surface area (Å²) in [4.78, 5) is 1.93. The summed E-state index contributed by atoms with van der Waals surface area (Å²) >= 11 is 6.94. The maximum absolute atomic E-state index is 12.6. The van der Waals surface area contributed by atoms with Crippen molar-refractivity contribution in [3.63, 3.8) is 0 Å². The zero-order chi connectivity index (χ0) is 14.8. The predicted octanol–water partition coefficient (Wildman–Crippen LogP) is 3.24. The monoisotopic (exact) mass is 306 g/mol. The molecule has 0 N–H and O–H groups in total. The van der Waals surface area contributed by atoms with Gasteiger partial charge in [-0.25, -0.2) is 0 Å². The Bertz CT molecular complexity index is 540. The number of hydrogen-bond donors (Lipinski definition) is 0. The fourth-order valence-corrected chi connectivity index (χ4v) is 4.22. The molecule has 106 valence electrons. The normalized spacial score (nSPS) is 22.1. The van der Waals surface area contributed by atoms with E-state index in [1.165, 1.54) is 0 Å². The Kier molecular flexibility index (Phi) is 4.50. The summed E-state index contributed by atoms with van der Waals surface area (Å²) in [5.74, 6) is 0. The van der Waals surface area contributed by atoms with Gasteiger partial charge in [-0.1, -0.05) is 48.3 Å². The summed E-state index contributed by atoms with van der Waals surface area (Å²) in [5.41, 5.74) is 0.889. The number of benzene rings is 1. The molecule has 3 nitrogen and oxygen atoms in total. The van der Waals surface area contributed by atoms with E-state index < -0.39 is 0 Å². The molecule has 20 heavy (non-hydrogen) atoms. The van der Waals surface area contributed by atoms with E-state index in [0.29, 0.717) is 6.54 Å². The number of rotatable bonds is 4. The summed E-state index contributed by atoms with van der Waals surface area (Å²) < 4.78 is 1.50. The van der Waals surface area contributed by atoms with Crippen LogP contribution in [0, 0.1) is 5.21 Å². The molecule has 1 fully saturated rings. The second kappa shape index (κ2) is 5.97. The third kappa shape index (κ3) is 3.04. The van der Waals surface area contributed by atoms with E-state index in [1.54, 1.807) is 24.1 Å².